The molecule has 1 aromatic heterocycles. The van der Waals surface area contributed by atoms with Crippen LogP contribution in [0.3, 0.4) is 0 Å². The summed E-state index contributed by atoms with van der Waals surface area (Å²) in [6, 6.07) is 4.54. The molecule has 0 aromatic carbocycles. The van der Waals surface area contributed by atoms with Gasteiger partial charge >= 0.3 is 0 Å². The highest BCUT2D eigenvalue weighted by Gasteiger charge is 2.46. The van der Waals surface area contributed by atoms with Gasteiger partial charge in [0.15, 0.2) is 0 Å². The molecule has 0 unspecified atom stereocenters. The minimum atomic E-state index is 0.186. The Morgan fingerprint density at radius 1 is 1.46 bits per heavy atom. The number of amides is 1. The Balaban J connectivity index is 1.43. The lowest BCUT2D eigenvalue weighted by Gasteiger charge is -2.22. The first-order chi connectivity index (χ1) is 11.7. The Labute approximate surface area is 142 Å². The van der Waals surface area contributed by atoms with Crippen LogP contribution in [0.4, 0.5) is 0 Å². The highest BCUT2D eigenvalue weighted by Crippen LogP contribution is 2.34. The van der Waals surface area contributed by atoms with E-state index in [9.17, 15) is 4.79 Å². The number of carbonyl (C=O) groups is 1. The van der Waals surface area contributed by atoms with Crippen LogP contribution in [0.2, 0.25) is 0 Å². The monoisotopic (exact) mass is 331 g/mol. The lowest BCUT2D eigenvalue weighted by molar-refractivity contribution is -0.122. The summed E-state index contributed by atoms with van der Waals surface area (Å²) in [6.07, 6.45) is 4.85. The molecule has 4 rings (SSSR count). The first-order valence-electron chi connectivity index (χ1n) is 8.83. The molecule has 0 radical (unpaired) electrons. The van der Waals surface area contributed by atoms with Gasteiger partial charge < -0.3 is 14.8 Å². The Bertz CT molecular complexity index is 605. The predicted octanol–water partition coefficient (Wildman–Crippen LogP) is 1.21. The van der Waals surface area contributed by atoms with Crippen molar-refractivity contribution in [2.24, 2.45) is 11.8 Å². The van der Waals surface area contributed by atoms with E-state index in [-0.39, 0.29) is 11.9 Å². The highest BCUT2D eigenvalue weighted by atomic mass is 16.5. The average Bonchev–Trinajstić information content (AvgIpc) is 3.15. The van der Waals surface area contributed by atoms with E-state index in [1.807, 2.05) is 6.07 Å². The molecular weight excluding hydrogens is 306 g/mol. The maximum absolute atomic E-state index is 12.2. The van der Waals surface area contributed by atoms with E-state index in [4.69, 9.17) is 9.47 Å². The molecule has 6 heteroatoms. The van der Waals surface area contributed by atoms with Gasteiger partial charge in [-0.15, -0.1) is 0 Å². The van der Waals surface area contributed by atoms with Gasteiger partial charge in [0.1, 0.15) is 0 Å². The van der Waals surface area contributed by atoms with Crippen molar-refractivity contribution in [1.82, 2.24) is 15.2 Å². The average molecular weight is 331 g/mol. The van der Waals surface area contributed by atoms with Gasteiger partial charge in [-0.25, -0.2) is 4.98 Å². The van der Waals surface area contributed by atoms with Crippen molar-refractivity contribution in [2.45, 2.75) is 37.9 Å². The standard InChI is InChI=1S/C18H25N3O3/c1-23-18-13(3-2-6-19-18)8-21-9-15(14-10-24-11-16(14)21)20-17(22)7-12-4-5-12/h2-3,6,12,14-16H,4-5,7-11H2,1H3,(H,20,22)/t14-,15-,16-/m1/s1. The van der Waals surface area contributed by atoms with Crippen LogP contribution in [0.5, 0.6) is 5.88 Å². The van der Waals surface area contributed by atoms with Gasteiger partial charge in [-0.2, -0.15) is 0 Å². The fourth-order valence-corrected chi connectivity index (χ4v) is 3.97. The van der Waals surface area contributed by atoms with E-state index in [1.165, 1.54) is 12.8 Å². The second kappa shape index (κ2) is 6.69. The summed E-state index contributed by atoms with van der Waals surface area (Å²) in [5.74, 6) is 1.89. The molecule has 1 saturated carbocycles. The Morgan fingerprint density at radius 2 is 2.33 bits per heavy atom. The summed E-state index contributed by atoms with van der Waals surface area (Å²) in [5, 5.41) is 3.26. The summed E-state index contributed by atoms with van der Waals surface area (Å²) in [5.41, 5.74) is 1.08. The smallest absolute Gasteiger partial charge is 0.220 e. The fraction of sp³-hybridized carbons (Fsp3) is 0.667. The molecule has 130 valence electrons. The van der Waals surface area contributed by atoms with Crippen LogP contribution in [0.25, 0.3) is 0 Å². The molecule has 2 aliphatic heterocycles. The number of fused-ring (bicyclic) bond motifs is 1. The number of likely N-dealkylation sites (tertiary alicyclic amines) is 1. The third-order valence-corrected chi connectivity index (χ3v) is 5.44. The summed E-state index contributed by atoms with van der Waals surface area (Å²) in [4.78, 5) is 18.9. The van der Waals surface area contributed by atoms with E-state index in [0.29, 0.717) is 30.2 Å². The second-order valence-corrected chi connectivity index (χ2v) is 7.19. The number of hydrogen-bond donors (Lipinski definition) is 1. The van der Waals surface area contributed by atoms with Gasteiger partial charge in [-0.3, -0.25) is 9.69 Å². The predicted molar refractivity (Wildman–Crippen MR) is 88.6 cm³/mol. The van der Waals surface area contributed by atoms with Crippen LogP contribution in [-0.2, 0) is 16.1 Å². The number of hydrogen-bond acceptors (Lipinski definition) is 5. The molecule has 3 fully saturated rings. The Hall–Kier alpha value is -1.66. The van der Waals surface area contributed by atoms with Crippen molar-refractivity contribution >= 4 is 5.91 Å². The maximum atomic E-state index is 12.2. The molecule has 3 atom stereocenters. The first-order valence-corrected chi connectivity index (χ1v) is 8.83. The molecule has 1 aromatic rings. The third kappa shape index (κ3) is 3.26. The number of aromatic nitrogens is 1. The lowest BCUT2D eigenvalue weighted by atomic mass is 9.99. The molecule has 1 amide bonds. The second-order valence-electron chi connectivity index (χ2n) is 7.19. The quantitative estimate of drug-likeness (QED) is 0.849. The van der Waals surface area contributed by atoms with E-state index in [2.05, 4.69) is 21.3 Å². The normalized spacial score (nSPS) is 29.5. The largest absolute Gasteiger partial charge is 0.481 e. The van der Waals surface area contributed by atoms with Gasteiger partial charge in [0.05, 0.1) is 20.3 Å². The molecule has 3 aliphatic rings. The molecule has 6 nitrogen and oxygen atoms in total. The number of ether oxygens (including phenoxy) is 2. The van der Waals surface area contributed by atoms with E-state index < -0.39 is 0 Å². The number of carbonyl (C=O) groups excluding carboxylic acids is 1. The van der Waals surface area contributed by atoms with Crippen LogP contribution >= 0.6 is 0 Å². The van der Waals surface area contributed by atoms with Crippen LogP contribution in [-0.4, -0.2) is 54.7 Å². The highest BCUT2D eigenvalue weighted by molar-refractivity contribution is 5.77. The lowest BCUT2D eigenvalue weighted by Crippen LogP contribution is -2.41. The van der Waals surface area contributed by atoms with Crippen molar-refractivity contribution in [2.75, 3.05) is 26.9 Å². The minimum Gasteiger partial charge on any atom is -0.481 e. The summed E-state index contributed by atoms with van der Waals surface area (Å²) in [6.45, 7) is 3.12. The van der Waals surface area contributed by atoms with Gasteiger partial charge in [-0.1, -0.05) is 6.07 Å². The minimum absolute atomic E-state index is 0.186. The van der Waals surface area contributed by atoms with E-state index in [0.717, 1.165) is 31.9 Å². The van der Waals surface area contributed by atoms with E-state index in [1.54, 1.807) is 13.3 Å². The molecule has 1 aliphatic carbocycles. The van der Waals surface area contributed by atoms with Gasteiger partial charge in [0.25, 0.3) is 0 Å². The van der Waals surface area contributed by atoms with Crippen LogP contribution in [0.1, 0.15) is 24.8 Å². The molecule has 0 spiro atoms. The van der Waals surface area contributed by atoms with Gasteiger partial charge in [0.2, 0.25) is 11.8 Å². The zero-order valence-corrected chi connectivity index (χ0v) is 14.1. The van der Waals surface area contributed by atoms with Crippen molar-refractivity contribution in [3.63, 3.8) is 0 Å². The maximum Gasteiger partial charge on any atom is 0.220 e. The van der Waals surface area contributed by atoms with Gasteiger partial charge in [-0.05, 0) is 24.8 Å². The van der Waals surface area contributed by atoms with Crippen LogP contribution in [0, 0.1) is 11.8 Å². The molecule has 24 heavy (non-hydrogen) atoms. The SMILES string of the molecule is COc1ncccc1CN1C[C@@H](NC(=O)CC2CC2)[C@H]2COC[C@H]21. The summed E-state index contributed by atoms with van der Waals surface area (Å²) in [7, 11) is 1.65. The van der Waals surface area contributed by atoms with Crippen LogP contribution in [0.15, 0.2) is 18.3 Å². The zero-order valence-electron chi connectivity index (χ0n) is 14.1. The molecule has 2 saturated heterocycles. The molecule has 1 N–H and O–H groups in total. The van der Waals surface area contributed by atoms with Crippen molar-refractivity contribution in [1.29, 1.82) is 0 Å². The van der Waals surface area contributed by atoms with Crippen molar-refractivity contribution in [3.05, 3.63) is 23.9 Å². The number of nitrogens with zero attached hydrogens (tertiary/aromatic N) is 2. The third-order valence-electron chi connectivity index (χ3n) is 5.44. The van der Waals surface area contributed by atoms with Crippen molar-refractivity contribution in [3.8, 4) is 5.88 Å². The topological polar surface area (TPSA) is 63.7 Å². The number of nitrogens with one attached hydrogen (secondary N) is 1. The fourth-order valence-electron chi connectivity index (χ4n) is 3.97. The van der Waals surface area contributed by atoms with Gasteiger partial charge in [0, 0.05) is 49.3 Å². The Morgan fingerprint density at radius 3 is 3.12 bits per heavy atom. The number of methoxy groups -OCH3 is 1. The van der Waals surface area contributed by atoms with Crippen molar-refractivity contribution < 1.29 is 14.3 Å². The number of pyridine rings is 1. The summed E-state index contributed by atoms with van der Waals surface area (Å²) < 4.78 is 11.1. The first kappa shape index (κ1) is 15.8. The number of rotatable bonds is 6. The molecular formula is C18H25N3O3. The van der Waals surface area contributed by atoms with Crippen LogP contribution < -0.4 is 10.1 Å². The summed E-state index contributed by atoms with van der Waals surface area (Å²) >= 11 is 0. The molecule has 0 bridgehead atoms. The Kier molecular flexibility index (Phi) is 4.41. The zero-order chi connectivity index (χ0) is 16.5. The molecule has 3 heterocycles. The van der Waals surface area contributed by atoms with E-state index >= 15 is 0 Å².